The molecule has 0 spiro atoms. The van der Waals surface area contributed by atoms with Crippen molar-refractivity contribution in [2.45, 2.75) is 19.4 Å². The van der Waals surface area contributed by atoms with E-state index in [-0.39, 0.29) is 17.9 Å². The Bertz CT molecular complexity index is 1130. The third kappa shape index (κ3) is 3.47. The topological polar surface area (TPSA) is 102 Å². The summed E-state index contributed by atoms with van der Waals surface area (Å²) in [6.07, 6.45) is 1.96. The van der Waals surface area contributed by atoms with Gasteiger partial charge in [-0.1, -0.05) is 0 Å². The number of aryl methyl sites for hydroxylation is 1. The molecule has 4 rings (SSSR count). The Morgan fingerprint density at radius 3 is 2.90 bits per heavy atom. The lowest BCUT2D eigenvalue weighted by atomic mass is 10.0. The van der Waals surface area contributed by atoms with Crippen molar-refractivity contribution in [2.24, 2.45) is 13.0 Å². The monoisotopic (exact) mass is 391 g/mol. The summed E-state index contributed by atoms with van der Waals surface area (Å²) in [7, 11) is 3.42. The van der Waals surface area contributed by atoms with Crippen LogP contribution in [0.4, 0.5) is 0 Å². The lowest BCUT2D eigenvalue weighted by Gasteiger charge is -2.20. The van der Waals surface area contributed by atoms with Gasteiger partial charge in [-0.2, -0.15) is 5.26 Å². The minimum absolute atomic E-state index is 0.0418. The number of nitriles is 1. The van der Waals surface area contributed by atoms with Crippen LogP contribution in [0.2, 0.25) is 0 Å². The van der Waals surface area contributed by atoms with Crippen molar-refractivity contribution in [1.29, 1.82) is 5.26 Å². The molecule has 8 heteroatoms. The third-order valence-electron chi connectivity index (χ3n) is 5.25. The van der Waals surface area contributed by atoms with Crippen molar-refractivity contribution in [3.8, 4) is 29.0 Å². The molecule has 29 heavy (non-hydrogen) atoms. The molecule has 0 aliphatic carbocycles. The van der Waals surface area contributed by atoms with Crippen molar-refractivity contribution >= 4 is 16.9 Å². The molecule has 0 radical (unpaired) electrons. The van der Waals surface area contributed by atoms with Crippen LogP contribution >= 0.6 is 0 Å². The highest BCUT2D eigenvalue weighted by molar-refractivity contribution is 5.85. The van der Waals surface area contributed by atoms with E-state index in [0.717, 1.165) is 16.6 Å². The van der Waals surface area contributed by atoms with E-state index in [4.69, 9.17) is 14.5 Å². The SMILES string of the molecule is COc1ccc(-c2cc3ncn(C)c3c(OC(C)[C@H]3CNC(=O)C3)n2)cc1C#N. The maximum atomic E-state index is 11.6. The van der Waals surface area contributed by atoms with Crippen LogP contribution in [0.1, 0.15) is 18.9 Å². The first-order chi connectivity index (χ1) is 14.0. The standard InChI is InChI=1S/C21H21N5O3/c1-12(15-7-19(27)23-10-15)29-21-20-17(24-11-26(20)2)8-16(25-21)13-4-5-18(28-3)14(6-13)9-22/h4-6,8,11-12,15H,7,10H2,1-3H3,(H,23,27)/t12?,15-/m1/s1. The Balaban J connectivity index is 1.75. The van der Waals surface area contributed by atoms with Crippen LogP contribution in [0.5, 0.6) is 11.6 Å². The molecule has 1 unspecified atom stereocenters. The molecule has 8 nitrogen and oxygen atoms in total. The van der Waals surface area contributed by atoms with E-state index in [0.29, 0.717) is 35.9 Å². The number of ether oxygens (including phenoxy) is 2. The van der Waals surface area contributed by atoms with Gasteiger partial charge in [0.05, 0.1) is 30.2 Å². The van der Waals surface area contributed by atoms with E-state index in [1.807, 2.05) is 30.7 Å². The normalized spacial score (nSPS) is 17.0. The van der Waals surface area contributed by atoms with Crippen LogP contribution in [0.3, 0.4) is 0 Å². The molecular weight excluding hydrogens is 370 g/mol. The Morgan fingerprint density at radius 1 is 1.38 bits per heavy atom. The fourth-order valence-electron chi connectivity index (χ4n) is 3.55. The number of hydrogen-bond donors (Lipinski definition) is 1. The molecule has 148 valence electrons. The van der Waals surface area contributed by atoms with E-state index in [2.05, 4.69) is 16.4 Å². The number of rotatable bonds is 5. The molecule has 1 fully saturated rings. The van der Waals surface area contributed by atoms with Crippen molar-refractivity contribution in [2.75, 3.05) is 13.7 Å². The summed E-state index contributed by atoms with van der Waals surface area (Å²) in [5.41, 5.74) is 3.38. The van der Waals surface area contributed by atoms with Crippen LogP contribution < -0.4 is 14.8 Å². The summed E-state index contributed by atoms with van der Waals surface area (Å²) >= 11 is 0. The maximum absolute atomic E-state index is 11.6. The molecule has 1 aliphatic rings. The Labute approximate surface area is 168 Å². The number of imidazole rings is 1. The van der Waals surface area contributed by atoms with Crippen LogP contribution in [-0.2, 0) is 11.8 Å². The van der Waals surface area contributed by atoms with Gasteiger partial charge in [0.15, 0.2) is 0 Å². The van der Waals surface area contributed by atoms with Gasteiger partial charge in [0, 0.05) is 31.5 Å². The highest BCUT2D eigenvalue weighted by atomic mass is 16.5. The van der Waals surface area contributed by atoms with Gasteiger partial charge in [-0.3, -0.25) is 4.79 Å². The number of hydrogen-bond acceptors (Lipinski definition) is 6. The fourth-order valence-corrected chi connectivity index (χ4v) is 3.55. The van der Waals surface area contributed by atoms with E-state index in [9.17, 15) is 10.1 Å². The van der Waals surface area contributed by atoms with Gasteiger partial charge < -0.3 is 19.4 Å². The summed E-state index contributed by atoms with van der Waals surface area (Å²) in [5, 5.41) is 12.2. The summed E-state index contributed by atoms with van der Waals surface area (Å²) in [6.45, 7) is 2.54. The van der Waals surface area contributed by atoms with E-state index in [1.54, 1.807) is 18.5 Å². The van der Waals surface area contributed by atoms with Crippen LogP contribution in [-0.4, -0.2) is 40.2 Å². The van der Waals surface area contributed by atoms with E-state index >= 15 is 0 Å². The van der Waals surface area contributed by atoms with Crippen molar-refractivity contribution < 1.29 is 14.3 Å². The number of carbonyl (C=O) groups is 1. The van der Waals surface area contributed by atoms with Gasteiger partial charge in [0.25, 0.3) is 0 Å². The molecule has 0 bridgehead atoms. The first kappa shape index (κ1) is 18.7. The highest BCUT2D eigenvalue weighted by Gasteiger charge is 2.29. The number of benzene rings is 1. The number of methoxy groups -OCH3 is 1. The lowest BCUT2D eigenvalue weighted by Crippen LogP contribution is -2.26. The van der Waals surface area contributed by atoms with Crippen LogP contribution in [0.15, 0.2) is 30.6 Å². The molecule has 2 atom stereocenters. The largest absolute Gasteiger partial charge is 0.495 e. The van der Waals surface area contributed by atoms with E-state index < -0.39 is 0 Å². The van der Waals surface area contributed by atoms with E-state index in [1.165, 1.54) is 7.11 Å². The second kappa shape index (κ2) is 7.43. The molecule has 1 aromatic carbocycles. The van der Waals surface area contributed by atoms with Crippen molar-refractivity contribution in [3.05, 3.63) is 36.2 Å². The average molecular weight is 391 g/mol. The fraction of sp³-hybridized carbons (Fsp3) is 0.333. The lowest BCUT2D eigenvalue weighted by molar-refractivity contribution is -0.119. The number of amides is 1. The van der Waals surface area contributed by atoms with Gasteiger partial charge in [-0.05, 0) is 31.2 Å². The predicted octanol–water partition coefficient (Wildman–Crippen LogP) is 2.42. The maximum Gasteiger partial charge on any atom is 0.241 e. The van der Waals surface area contributed by atoms with Gasteiger partial charge in [-0.15, -0.1) is 0 Å². The molecule has 0 saturated carbocycles. The summed E-state index contributed by atoms with van der Waals surface area (Å²) < 4.78 is 13.3. The molecule has 1 aliphatic heterocycles. The Kier molecular flexibility index (Phi) is 4.80. The predicted molar refractivity (Wildman–Crippen MR) is 106 cm³/mol. The number of fused-ring (bicyclic) bond motifs is 1. The van der Waals surface area contributed by atoms with Gasteiger partial charge >= 0.3 is 0 Å². The second-order valence-electron chi connectivity index (χ2n) is 7.15. The molecular formula is C21H21N5O3. The highest BCUT2D eigenvalue weighted by Crippen LogP contribution is 2.32. The average Bonchev–Trinajstić information content (AvgIpc) is 3.33. The van der Waals surface area contributed by atoms with Crippen LogP contribution in [0, 0.1) is 17.2 Å². The number of nitrogens with one attached hydrogen (secondary N) is 1. The Morgan fingerprint density at radius 2 is 2.21 bits per heavy atom. The molecule has 2 aromatic heterocycles. The molecule has 3 aromatic rings. The summed E-state index contributed by atoms with van der Waals surface area (Å²) in [5.74, 6) is 1.10. The number of carbonyl (C=O) groups excluding carboxylic acids is 1. The van der Waals surface area contributed by atoms with Crippen LogP contribution in [0.25, 0.3) is 22.3 Å². The van der Waals surface area contributed by atoms with Crippen molar-refractivity contribution in [3.63, 3.8) is 0 Å². The van der Waals surface area contributed by atoms with Crippen molar-refractivity contribution in [1.82, 2.24) is 19.9 Å². The molecule has 1 N–H and O–H groups in total. The molecule has 1 saturated heterocycles. The number of nitrogens with zero attached hydrogens (tertiary/aromatic N) is 4. The number of aromatic nitrogens is 3. The minimum atomic E-state index is -0.194. The van der Waals surface area contributed by atoms with Gasteiger partial charge in [0.2, 0.25) is 11.8 Å². The zero-order valence-corrected chi connectivity index (χ0v) is 16.5. The molecule has 3 heterocycles. The second-order valence-corrected chi connectivity index (χ2v) is 7.15. The number of pyridine rings is 1. The Hall–Kier alpha value is -3.60. The zero-order chi connectivity index (χ0) is 20.5. The summed E-state index contributed by atoms with van der Waals surface area (Å²) in [4.78, 5) is 20.7. The minimum Gasteiger partial charge on any atom is -0.495 e. The first-order valence-electron chi connectivity index (χ1n) is 9.34. The molecule has 1 amide bonds. The third-order valence-corrected chi connectivity index (χ3v) is 5.25. The smallest absolute Gasteiger partial charge is 0.241 e. The summed E-state index contributed by atoms with van der Waals surface area (Å²) in [6, 6.07) is 9.35. The quantitative estimate of drug-likeness (QED) is 0.717. The van der Waals surface area contributed by atoms with Gasteiger partial charge in [-0.25, -0.2) is 9.97 Å². The first-order valence-corrected chi connectivity index (χ1v) is 9.34. The zero-order valence-electron chi connectivity index (χ0n) is 16.5. The van der Waals surface area contributed by atoms with Gasteiger partial charge in [0.1, 0.15) is 23.4 Å².